The Hall–Kier alpha value is -4.45. The van der Waals surface area contributed by atoms with Crippen molar-refractivity contribution in [2.75, 3.05) is 38.7 Å². The smallest absolute Gasteiger partial charge is 0.325 e. The number of aromatic nitrogens is 1. The lowest BCUT2D eigenvalue weighted by Gasteiger charge is -2.28. The molecule has 4 aromatic rings. The van der Waals surface area contributed by atoms with Crippen molar-refractivity contribution in [3.05, 3.63) is 83.3 Å². The highest BCUT2D eigenvalue weighted by Gasteiger charge is 2.18. The number of carbonyl (C=O) groups excluding carboxylic acids is 2. The molecule has 1 fully saturated rings. The Balaban J connectivity index is 1.21. The van der Waals surface area contributed by atoms with Crippen molar-refractivity contribution in [1.29, 1.82) is 0 Å². The van der Waals surface area contributed by atoms with E-state index in [1.165, 1.54) is 31.9 Å². The van der Waals surface area contributed by atoms with Gasteiger partial charge < -0.3 is 29.5 Å². The number of hydrogen-bond donors (Lipinski definition) is 3. The number of aliphatic hydroxyl groups is 1. The molecule has 10 nitrogen and oxygen atoms in total. The van der Waals surface area contributed by atoms with Crippen LogP contribution in [0.1, 0.15) is 24.8 Å². The van der Waals surface area contributed by atoms with Crippen LogP contribution in [0.5, 0.6) is 23.0 Å². The summed E-state index contributed by atoms with van der Waals surface area (Å²) >= 11 is 5.94. The Labute approximate surface area is 265 Å². The van der Waals surface area contributed by atoms with Gasteiger partial charge in [0.2, 0.25) is 5.91 Å². The van der Waals surface area contributed by atoms with Crippen molar-refractivity contribution in [3.8, 4) is 23.0 Å². The summed E-state index contributed by atoms with van der Waals surface area (Å²) in [6, 6.07) is 14.8. The molecule has 3 N–H and O–H groups in total. The molecule has 1 unspecified atom stereocenters. The normalized spacial score (nSPS) is 14.0. The quantitative estimate of drug-likeness (QED) is 0.185. The molecular weight excluding hydrogens is 603 g/mol. The minimum atomic E-state index is -0.806. The maximum absolute atomic E-state index is 15.1. The Bertz CT molecular complexity index is 1670. The number of ether oxygens (including phenoxy) is 3. The van der Waals surface area contributed by atoms with E-state index in [0.29, 0.717) is 45.3 Å². The number of imide groups is 1. The number of β-amino-alcohol motifs (C(OH)–C–C–N with tert-alkyl or cyclic N) is 1. The molecule has 1 aliphatic rings. The molecule has 0 bridgehead atoms. The first-order valence-electron chi connectivity index (χ1n) is 14.6. The van der Waals surface area contributed by atoms with Crippen LogP contribution in [0.25, 0.3) is 10.9 Å². The molecule has 12 heteroatoms. The summed E-state index contributed by atoms with van der Waals surface area (Å²) in [5.41, 5.74) is 1.29. The molecule has 0 spiro atoms. The van der Waals surface area contributed by atoms with Crippen LogP contribution in [-0.2, 0) is 11.2 Å². The predicted octanol–water partition coefficient (Wildman–Crippen LogP) is 5.94. The van der Waals surface area contributed by atoms with Crippen LogP contribution in [0, 0.1) is 5.82 Å². The van der Waals surface area contributed by atoms with Crippen molar-refractivity contribution in [2.24, 2.45) is 0 Å². The Kier molecular flexibility index (Phi) is 10.7. The van der Waals surface area contributed by atoms with Crippen LogP contribution in [0.2, 0.25) is 5.02 Å². The van der Waals surface area contributed by atoms with E-state index < -0.39 is 23.9 Å². The van der Waals surface area contributed by atoms with E-state index in [1.54, 1.807) is 42.5 Å². The average Bonchev–Trinajstić information content (AvgIpc) is 3.01. The summed E-state index contributed by atoms with van der Waals surface area (Å²) in [4.78, 5) is 31.2. The Morgan fingerprint density at radius 1 is 1.02 bits per heavy atom. The fourth-order valence-electron chi connectivity index (χ4n) is 5.11. The van der Waals surface area contributed by atoms with Gasteiger partial charge in [-0.1, -0.05) is 30.2 Å². The molecular formula is C33H34ClFN4O6. The van der Waals surface area contributed by atoms with Gasteiger partial charge in [-0.05, 0) is 67.9 Å². The van der Waals surface area contributed by atoms with Gasteiger partial charge >= 0.3 is 6.03 Å². The highest BCUT2D eigenvalue weighted by molar-refractivity contribution is 6.30. The van der Waals surface area contributed by atoms with E-state index in [9.17, 15) is 14.7 Å². The number of urea groups is 1. The van der Waals surface area contributed by atoms with Crippen molar-refractivity contribution >= 4 is 40.1 Å². The van der Waals surface area contributed by atoms with E-state index in [-0.39, 0.29) is 24.5 Å². The van der Waals surface area contributed by atoms with Crippen LogP contribution in [0.15, 0.2) is 66.9 Å². The molecule has 0 aliphatic carbocycles. The first-order chi connectivity index (χ1) is 21.8. The third-order valence-corrected chi connectivity index (χ3v) is 7.49. The highest BCUT2D eigenvalue weighted by atomic mass is 35.5. The number of halogens is 2. The van der Waals surface area contributed by atoms with E-state index in [0.717, 1.165) is 32.0 Å². The molecule has 1 saturated heterocycles. The van der Waals surface area contributed by atoms with Gasteiger partial charge in [0.1, 0.15) is 18.5 Å². The second kappa shape index (κ2) is 15.0. The maximum Gasteiger partial charge on any atom is 0.325 e. The fraction of sp³-hybridized carbons (Fsp3) is 0.303. The van der Waals surface area contributed by atoms with Gasteiger partial charge in [0.05, 0.1) is 19.0 Å². The number of nitrogens with zero attached hydrogens (tertiary/aromatic N) is 2. The van der Waals surface area contributed by atoms with Crippen LogP contribution >= 0.6 is 11.6 Å². The lowest BCUT2D eigenvalue weighted by Crippen LogP contribution is -2.38. The number of amides is 3. The minimum absolute atomic E-state index is 0.0475. The zero-order chi connectivity index (χ0) is 31.8. The molecule has 1 atom stereocenters. The maximum atomic E-state index is 15.1. The van der Waals surface area contributed by atoms with Crippen molar-refractivity contribution in [1.82, 2.24) is 15.2 Å². The number of anilines is 1. The van der Waals surface area contributed by atoms with Gasteiger partial charge in [0.15, 0.2) is 23.1 Å². The molecule has 2 heterocycles. The second-order valence-corrected chi connectivity index (χ2v) is 11.1. The van der Waals surface area contributed by atoms with Crippen LogP contribution in [-0.4, -0.2) is 66.4 Å². The third-order valence-electron chi connectivity index (χ3n) is 7.25. The fourth-order valence-corrected chi connectivity index (χ4v) is 5.33. The summed E-state index contributed by atoms with van der Waals surface area (Å²) < 4.78 is 32.4. The molecule has 3 amide bonds. The number of fused-ring (bicyclic) bond motifs is 1. The second-order valence-electron chi connectivity index (χ2n) is 10.7. The number of piperidine rings is 1. The van der Waals surface area contributed by atoms with Gasteiger partial charge in [0, 0.05) is 41.0 Å². The van der Waals surface area contributed by atoms with Crippen LogP contribution < -0.4 is 24.8 Å². The molecule has 5 rings (SSSR count). The van der Waals surface area contributed by atoms with Crippen molar-refractivity contribution in [2.45, 2.75) is 31.8 Å². The van der Waals surface area contributed by atoms with Crippen LogP contribution in [0.4, 0.5) is 14.9 Å². The number of rotatable bonds is 11. The number of methoxy groups -OCH3 is 1. The van der Waals surface area contributed by atoms with Gasteiger partial charge in [-0.2, -0.15) is 0 Å². The van der Waals surface area contributed by atoms with Gasteiger partial charge in [-0.25, -0.2) is 9.18 Å². The number of nitrogens with one attached hydrogen (secondary N) is 2. The number of carbonyl (C=O) groups is 2. The first kappa shape index (κ1) is 32.0. The number of pyridine rings is 1. The predicted molar refractivity (Wildman–Crippen MR) is 169 cm³/mol. The SMILES string of the molecule is COc1cc2c(Oc3ccc(NC(=O)NC(=O)Cc4cccc(Cl)c4)cc3F)ccnc2cc1OCC(O)CN1CCCCC1. The zero-order valence-electron chi connectivity index (χ0n) is 24.7. The number of hydrogen-bond acceptors (Lipinski definition) is 8. The molecule has 236 valence electrons. The number of likely N-dealkylation sites (tertiary alicyclic amines) is 1. The van der Waals surface area contributed by atoms with Crippen molar-refractivity contribution in [3.63, 3.8) is 0 Å². The lowest BCUT2D eigenvalue weighted by molar-refractivity contribution is -0.119. The van der Waals surface area contributed by atoms with E-state index >= 15 is 4.39 Å². The van der Waals surface area contributed by atoms with Gasteiger partial charge in [0.25, 0.3) is 0 Å². The zero-order valence-corrected chi connectivity index (χ0v) is 25.5. The van der Waals surface area contributed by atoms with Crippen LogP contribution in [0.3, 0.4) is 0 Å². The first-order valence-corrected chi connectivity index (χ1v) is 15.0. The molecule has 0 radical (unpaired) electrons. The van der Waals surface area contributed by atoms with Gasteiger partial charge in [-0.15, -0.1) is 0 Å². The molecule has 0 saturated carbocycles. The Morgan fingerprint density at radius 2 is 1.84 bits per heavy atom. The van der Waals surface area contributed by atoms with E-state index in [4.69, 9.17) is 25.8 Å². The average molecular weight is 637 g/mol. The summed E-state index contributed by atoms with van der Waals surface area (Å²) in [7, 11) is 1.50. The van der Waals surface area contributed by atoms with Crippen molar-refractivity contribution < 1.29 is 33.3 Å². The van der Waals surface area contributed by atoms with E-state index in [2.05, 4.69) is 20.5 Å². The Morgan fingerprint density at radius 3 is 2.60 bits per heavy atom. The molecule has 3 aromatic carbocycles. The summed E-state index contributed by atoms with van der Waals surface area (Å²) in [6.07, 6.45) is 4.32. The van der Waals surface area contributed by atoms with Gasteiger partial charge in [-0.3, -0.25) is 15.1 Å². The summed E-state index contributed by atoms with van der Waals surface area (Å²) in [5.74, 6) is -0.237. The lowest BCUT2D eigenvalue weighted by atomic mass is 10.1. The third kappa shape index (κ3) is 8.81. The molecule has 45 heavy (non-hydrogen) atoms. The standard InChI is InChI=1S/C33H34ClFN4O6/c1-43-30-17-25-27(18-31(30)44-20-24(40)19-39-12-3-2-4-13-39)36-11-10-28(25)45-29-9-8-23(16-26(29)35)37-33(42)38-32(41)15-21-6-5-7-22(34)14-21/h5-11,14,16-18,24,40H,2-4,12-13,15,19-20H2,1H3,(H2,37,38,41,42). The molecule has 1 aliphatic heterocycles. The monoisotopic (exact) mass is 636 g/mol. The highest BCUT2D eigenvalue weighted by Crippen LogP contribution is 2.38. The summed E-state index contributed by atoms with van der Waals surface area (Å²) in [5, 5.41) is 16.2. The summed E-state index contributed by atoms with van der Waals surface area (Å²) in [6.45, 7) is 2.59. The van der Waals surface area contributed by atoms with E-state index in [1.807, 2.05) is 0 Å². The molecule has 1 aromatic heterocycles. The number of aliphatic hydroxyl groups excluding tert-OH is 1. The largest absolute Gasteiger partial charge is 0.493 e. The minimum Gasteiger partial charge on any atom is -0.493 e. The number of benzene rings is 3. The topological polar surface area (TPSA) is 122 Å².